The summed E-state index contributed by atoms with van der Waals surface area (Å²) in [6.45, 7) is 3.64. The molecule has 0 aliphatic rings. The summed E-state index contributed by atoms with van der Waals surface area (Å²) in [6.07, 6.45) is -0.476. The lowest BCUT2D eigenvalue weighted by Gasteiger charge is -2.21. The average molecular weight is 238 g/mol. The minimum atomic E-state index is -0.476. The van der Waals surface area contributed by atoms with E-state index in [4.69, 9.17) is 10.5 Å². The molecule has 1 rings (SSSR count). The molecule has 0 fully saturated rings. The zero-order valence-electron chi connectivity index (χ0n) is 10.8. The first-order valence-electron chi connectivity index (χ1n) is 5.77. The second kappa shape index (κ2) is 6.59. The molecule has 96 valence electrons. The third-order valence-electron chi connectivity index (χ3n) is 2.67. The Morgan fingerprint density at radius 3 is 2.76 bits per heavy atom. The first kappa shape index (κ1) is 14.0. The maximum absolute atomic E-state index is 9.49. The van der Waals surface area contributed by atoms with E-state index in [1.807, 2.05) is 24.1 Å². The van der Waals surface area contributed by atoms with Crippen molar-refractivity contribution in [2.75, 3.05) is 27.2 Å². The van der Waals surface area contributed by atoms with E-state index in [0.29, 0.717) is 6.54 Å². The number of likely N-dealkylation sites (N-methyl/N-ethyl adjacent to an activating group) is 1. The van der Waals surface area contributed by atoms with Crippen LogP contribution in [0.25, 0.3) is 0 Å². The number of aliphatic hydroxyl groups is 1. The molecule has 3 N–H and O–H groups in total. The predicted molar refractivity (Wildman–Crippen MR) is 69.1 cm³/mol. The van der Waals surface area contributed by atoms with Crippen molar-refractivity contribution in [3.63, 3.8) is 0 Å². The molecule has 0 aromatic heterocycles. The molecule has 0 heterocycles. The van der Waals surface area contributed by atoms with Crippen molar-refractivity contribution in [2.24, 2.45) is 5.73 Å². The molecule has 0 bridgehead atoms. The van der Waals surface area contributed by atoms with Crippen molar-refractivity contribution < 1.29 is 9.84 Å². The topological polar surface area (TPSA) is 58.7 Å². The van der Waals surface area contributed by atoms with E-state index in [9.17, 15) is 5.11 Å². The fourth-order valence-corrected chi connectivity index (χ4v) is 1.82. The van der Waals surface area contributed by atoms with Crippen LogP contribution in [0.15, 0.2) is 18.2 Å². The smallest absolute Gasteiger partial charge is 0.123 e. The van der Waals surface area contributed by atoms with Crippen molar-refractivity contribution in [2.45, 2.75) is 19.6 Å². The van der Waals surface area contributed by atoms with E-state index in [1.54, 1.807) is 7.11 Å². The molecule has 1 aromatic rings. The van der Waals surface area contributed by atoms with Gasteiger partial charge in [0.1, 0.15) is 5.75 Å². The minimum absolute atomic E-state index is 0.287. The van der Waals surface area contributed by atoms with Gasteiger partial charge in [0.25, 0.3) is 0 Å². The van der Waals surface area contributed by atoms with Crippen LogP contribution < -0.4 is 10.5 Å². The van der Waals surface area contributed by atoms with Crippen LogP contribution in [0.5, 0.6) is 5.75 Å². The third-order valence-corrected chi connectivity index (χ3v) is 2.67. The van der Waals surface area contributed by atoms with Crippen molar-refractivity contribution in [3.8, 4) is 5.75 Å². The fourth-order valence-electron chi connectivity index (χ4n) is 1.82. The number of nitrogens with zero attached hydrogens (tertiary/aromatic N) is 1. The average Bonchev–Trinajstić information content (AvgIpc) is 2.29. The maximum atomic E-state index is 9.49. The summed E-state index contributed by atoms with van der Waals surface area (Å²) in [4.78, 5) is 2.04. The monoisotopic (exact) mass is 238 g/mol. The second-order valence-electron chi connectivity index (χ2n) is 4.40. The Morgan fingerprint density at radius 2 is 2.18 bits per heavy atom. The highest BCUT2D eigenvalue weighted by Crippen LogP contribution is 2.20. The molecule has 0 spiro atoms. The normalized spacial score (nSPS) is 12.8. The SMILES string of the molecule is COc1ccc(C)cc1CN(C)CC(O)CN. The van der Waals surface area contributed by atoms with Crippen LogP contribution in [-0.4, -0.2) is 43.4 Å². The maximum Gasteiger partial charge on any atom is 0.123 e. The Kier molecular flexibility index (Phi) is 5.41. The zero-order valence-corrected chi connectivity index (χ0v) is 10.8. The van der Waals surface area contributed by atoms with Crippen molar-refractivity contribution in [3.05, 3.63) is 29.3 Å². The fraction of sp³-hybridized carbons (Fsp3) is 0.538. The molecule has 0 radical (unpaired) electrons. The quantitative estimate of drug-likeness (QED) is 0.768. The molecule has 4 nitrogen and oxygen atoms in total. The van der Waals surface area contributed by atoms with Gasteiger partial charge in [-0.05, 0) is 20.0 Å². The van der Waals surface area contributed by atoms with Gasteiger partial charge in [0.2, 0.25) is 0 Å². The number of methoxy groups -OCH3 is 1. The van der Waals surface area contributed by atoms with Gasteiger partial charge in [-0.25, -0.2) is 0 Å². The third kappa shape index (κ3) is 4.34. The number of ether oxygens (including phenoxy) is 1. The largest absolute Gasteiger partial charge is 0.496 e. The lowest BCUT2D eigenvalue weighted by Crippen LogP contribution is -2.33. The molecule has 0 aliphatic carbocycles. The van der Waals surface area contributed by atoms with E-state index < -0.39 is 6.10 Å². The van der Waals surface area contributed by atoms with Gasteiger partial charge in [-0.2, -0.15) is 0 Å². The van der Waals surface area contributed by atoms with Crippen LogP contribution >= 0.6 is 0 Å². The molecule has 0 saturated heterocycles. The van der Waals surface area contributed by atoms with Crippen LogP contribution in [-0.2, 0) is 6.54 Å². The number of hydrogen-bond acceptors (Lipinski definition) is 4. The van der Waals surface area contributed by atoms with Crippen LogP contribution in [0, 0.1) is 6.92 Å². The Balaban J connectivity index is 2.69. The Hall–Kier alpha value is -1.10. The first-order chi connectivity index (χ1) is 8.06. The Labute approximate surface area is 103 Å². The van der Waals surface area contributed by atoms with Gasteiger partial charge in [0.15, 0.2) is 0 Å². The zero-order chi connectivity index (χ0) is 12.8. The Morgan fingerprint density at radius 1 is 1.47 bits per heavy atom. The van der Waals surface area contributed by atoms with E-state index >= 15 is 0 Å². The van der Waals surface area contributed by atoms with Gasteiger partial charge in [0, 0.05) is 25.2 Å². The van der Waals surface area contributed by atoms with Gasteiger partial charge in [-0.1, -0.05) is 17.7 Å². The summed E-state index contributed by atoms with van der Waals surface area (Å²) in [5.74, 6) is 0.879. The van der Waals surface area contributed by atoms with Crippen molar-refractivity contribution >= 4 is 0 Å². The minimum Gasteiger partial charge on any atom is -0.496 e. The molecule has 1 atom stereocenters. The van der Waals surface area contributed by atoms with Crippen LogP contribution in [0.1, 0.15) is 11.1 Å². The highest BCUT2D eigenvalue weighted by Gasteiger charge is 2.10. The number of benzene rings is 1. The van der Waals surface area contributed by atoms with E-state index in [2.05, 4.69) is 13.0 Å². The second-order valence-corrected chi connectivity index (χ2v) is 4.40. The lowest BCUT2D eigenvalue weighted by molar-refractivity contribution is 0.129. The van der Waals surface area contributed by atoms with E-state index in [1.165, 1.54) is 5.56 Å². The van der Waals surface area contributed by atoms with Crippen molar-refractivity contribution in [1.29, 1.82) is 0 Å². The van der Waals surface area contributed by atoms with Crippen LogP contribution in [0.2, 0.25) is 0 Å². The molecule has 0 amide bonds. The van der Waals surface area contributed by atoms with Gasteiger partial charge < -0.3 is 15.6 Å². The molecule has 1 unspecified atom stereocenters. The van der Waals surface area contributed by atoms with Crippen LogP contribution in [0.4, 0.5) is 0 Å². The Bertz CT molecular complexity index is 355. The summed E-state index contributed by atoms with van der Waals surface area (Å²) >= 11 is 0. The summed E-state index contributed by atoms with van der Waals surface area (Å²) in [5, 5.41) is 9.49. The van der Waals surface area contributed by atoms with Crippen LogP contribution in [0.3, 0.4) is 0 Å². The highest BCUT2D eigenvalue weighted by atomic mass is 16.5. The number of nitrogens with two attached hydrogens (primary N) is 1. The summed E-state index contributed by atoms with van der Waals surface area (Å²) in [7, 11) is 3.63. The summed E-state index contributed by atoms with van der Waals surface area (Å²) in [5.41, 5.74) is 7.72. The number of aryl methyl sites for hydroxylation is 1. The summed E-state index contributed by atoms with van der Waals surface area (Å²) in [6, 6.07) is 6.10. The number of hydrogen-bond donors (Lipinski definition) is 2. The summed E-state index contributed by atoms with van der Waals surface area (Å²) < 4.78 is 5.32. The number of rotatable bonds is 6. The molecular weight excluding hydrogens is 216 g/mol. The standard InChI is InChI=1S/C13H22N2O2/c1-10-4-5-13(17-3)11(6-10)8-15(2)9-12(16)7-14/h4-6,12,16H,7-9,14H2,1-3H3. The molecule has 0 aliphatic heterocycles. The van der Waals surface area contributed by atoms with Gasteiger partial charge in [-0.15, -0.1) is 0 Å². The molecule has 17 heavy (non-hydrogen) atoms. The van der Waals surface area contributed by atoms with Crippen molar-refractivity contribution in [1.82, 2.24) is 4.90 Å². The van der Waals surface area contributed by atoms with Gasteiger partial charge in [0.05, 0.1) is 13.2 Å². The lowest BCUT2D eigenvalue weighted by atomic mass is 10.1. The molecule has 0 saturated carbocycles. The van der Waals surface area contributed by atoms with E-state index in [-0.39, 0.29) is 6.54 Å². The van der Waals surface area contributed by atoms with Gasteiger partial charge >= 0.3 is 0 Å². The number of aliphatic hydroxyl groups excluding tert-OH is 1. The molecule has 4 heteroatoms. The molecule has 1 aromatic carbocycles. The highest BCUT2D eigenvalue weighted by molar-refractivity contribution is 5.36. The first-order valence-corrected chi connectivity index (χ1v) is 5.77. The predicted octanol–water partition coefficient (Wildman–Crippen LogP) is 0.755. The molecular formula is C13H22N2O2. The van der Waals surface area contributed by atoms with E-state index in [0.717, 1.165) is 17.9 Å². The van der Waals surface area contributed by atoms with Gasteiger partial charge in [-0.3, -0.25) is 4.90 Å².